The molecule has 1 saturated heterocycles. The van der Waals surface area contributed by atoms with Crippen LogP contribution in [0.3, 0.4) is 0 Å². The van der Waals surface area contributed by atoms with Gasteiger partial charge in [0.1, 0.15) is 12.4 Å². The smallest absolute Gasteiger partial charge is 0.497 e. The summed E-state index contributed by atoms with van der Waals surface area (Å²) in [5, 5.41) is 0. The van der Waals surface area contributed by atoms with E-state index in [1.165, 1.54) is 19.2 Å². The van der Waals surface area contributed by atoms with E-state index >= 15 is 0 Å². The summed E-state index contributed by atoms with van der Waals surface area (Å²) in [4.78, 5) is 2.20. The van der Waals surface area contributed by atoms with Crippen LogP contribution in [0.4, 0.5) is 12.9 Å². The van der Waals surface area contributed by atoms with Crippen LogP contribution in [-0.2, 0) is 0 Å². The van der Waals surface area contributed by atoms with Crippen LogP contribution in [0.15, 0.2) is 18.2 Å². The summed E-state index contributed by atoms with van der Waals surface area (Å²) in [5.74, 6) is 0.0728. The van der Waals surface area contributed by atoms with Gasteiger partial charge in [0.25, 0.3) is 0 Å². The maximum absolute atomic E-state index is 13.0. The molecule has 112 valence electrons. The van der Waals surface area contributed by atoms with Gasteiger partial charge in [-0.3, -0.25) is 4.90 Å². The third-order valence-electron chi connectivity index (χ3n) is 3.43. The van der Waals surface area contributed by atoms with Crippen LogP contribution in [-0.4, -0.2) is 45.2 Å². The standard InChI is InChI=1S/C13H18BF3NO2.K/c1-19-11-4-5-13(12(10-11)14(15,16)17)20-9-8-18-6-2-3-7-18;/h4-5,10H,2-3,6-9H2,1H3;/q-1;+1. The van der Waals surface area contributed by atoms with Gasteiger partial charge < -0.3 is 22.4 Å². The summed E-state index contributed by atoms with van der Waals surface area (Å²) < 4.78 is 49.2. The summed E-state index contributed by atoms with van der Waals surface area (Å²) in [5.41, 5.74) is -0.731. The second-order valence-electron chi connectivity index (χ2n) is 4.88. The first-order valence-electron chi connectivity index (χ1n) is 6.74. The molecule has 3 nitrogen and oxygen atoms in total. The molecule has 0 atom stereocenters. The van der Waals surface area contributed by atoms with Crippen molar-refractivity contribution in [3.8, 4) is 11.5 Å². The average Bonchev–Trinajstić information content (AvgIpc) is 2.91. The van der Waals surface area contributed by atoms with Crippen molar-refractivity contribution in [2.45, 2.75) is 12.8 Å². The fourth-order valence-electron chi connectivity index (χ4n) is 2.33. The SMILES string of the molecule is COc1ccc(OCCN2CCCC2)c([B-](F)(F)F)c1.[K+]. The number of nitrogens with zero attached hydrogens (tertiary/aromatic N) is 1. The number of benzene rings is 1. The minimum Gasteiger partial charge on any atom is -0.497 e. The molecular weight excluding hydrogens is 309 g/mol. The fraction of sp³-hybridized carbons (Fsp3) is 0.538. The maximum atomic E-state index is 13.0. The van der Waals surface area contributed by atoms with E-state index in [2.05, 4.69) is 4.90 Å². The Hall–Kier alpha value is 0.271. The monoisotopic (exact) mass is 327 g/mol. The van der Waals surface area contributed by atoms with Crippen molar-refractivity contribution >= 4 is 12.4 Å². The predicted molar refractivity (Wildman–Crippen MR) is 72.9 cm³/mol. The Morgan fingerprint density at radius 2 is 1.86 bits per heavy atom. The molecule has 0 aromatic heterocycles. The van der Waals surface area contributed by atoms with Gasteiger partial charge in [0.05, 0.1) is 12.9 Å². The van der Waals surface area contributed by atoms with Gasteiger partial charge in [0.2, 0.25) is 0 Å². The van der Waals surface area contributed by atoms with Gasteiger partial charge in [-0.15, -0.1) is 0 Å². The zero-order valence-electron chi connectivity index (χ0n) is 12.4. The third-order valence-corrected chi connectivity index (χ3v) is 3.43. The van der Waals surface area contributed by atoms with E-state index in [0.717, 1.165) is 32.0 Å². The minimum atomic E-state index is -5.11. The Bertz CT molecular complexity index is 454. The van der Waals surface area contributed by atoms with Crippen molar-refractivity contribution in [1.29, 1.82) is 0 Å². The predicted octanol–water partition coefficient (Wildman–Crippen LogP) is -0.772. The van der Waals surface area contributed by atoms with Crippen LogP contribution in [0.5, 0.6) is 11.5 Å². The number of rotatable bonds is 6. The zero-order chi connectivity index (χ0) is 14.6. The molecule has 21 heavy (non-hydrogen) atoms. The topological polar surface area (TPSA) is 21.7 Å². The van der Waals surface area contributed by atoms with Crippen molar-refractivity contribution in [2.24, 2.45) is 0 Å². The second kappa shape index (κ2) is 8.79. The Morgan fingerprint density at radius 3 is 2.43 bits per heavy atom. The molecule has 1 fully saturated rings. The van der Waals surface area contributed by atoms with Crippen molar-refractivity contribution in [1.82, 2.24) is 4.90 Å². The number of hydrogen-bond donors (Lipinski definition) is 0. The summed E-state index contributed by atoms with van der Waals surface area (Å²) in [6.07, 6.45) is 2.30. The average molecular weight is 327 g/mol. The fourth-order valence-corrected chi connectivity index (χ4v) is 2.33. The molecule has 2 rings (SSSR count). The van der Waals surface area contributed by atoms with Crippen LogP contribution in [0.1, 0.15) is 12.8 Å². The summed E-state index contributed by atoms with van der Waals surface area (Å²) >= 11 is 0. The first-order chi connectivity index (χ1) is 9.50. The van der Waals surface area contributed by atoms with Crippen molar-refractivity contribution < 1.29 is 73.8 Å². The molecule has 8 heteroatoms. The molecule has 0 saturated carbocycles. The van der Waals surface area contributed by atoms with E-state index in [4.69, 9.17) is 9.47 Å². The molecule has 1 aromatic rings. The second-order valence-corrected chi connectivity index (χ2v) is 4.88. The van der Waals surface area contributed by atoms with Crippen LogP contribution >= 0.6 is 0 Å². The van der Waals surface area contributed by atoms with Crippen molar-refractivity contribution in [2.75, 3.05) is 33.4 Å². The Morgan fingerprint density at radius 1 is 1.19 bits per heavy atom. The molecule has 0 aliphatic carbocycles. The molecule has 0 spiro atoms. The number of hydrogen-bond acceptors (Lipinski definition) is 3. The largest absolute Gasteiger partial charge is 1.00 e. The van der Waals surface area contributed by atoms with E-state index in [0.29, 0.717) is 6.54 Å². The zero-order valence-corrected chi connectivity index (χ0v) is 15.6. The number of likely N-dealkylation sites (tertiary alicyclic amines) is 1. The molecular formula is C13H18BF3KNO2. The van der Waals surface area contributed by atoms with Crippen LogP contribution < -0.4 is 66.3 Å². The van der Waals surface area contributed by atoms with Gasteiger partial charge in [-0.25, -0.2) is 0 Å². The Labute approximate surface area is 165 Å². The van der Waals surface area contributed by atoms with Gasteiger partial charge in [-0.1, -0.05) is 5.46 Å². The van der Waals surface area contributed by atoms with Gasteiger partial charge >= 0.3 is 58.4 Å². The molecule has 1 aliphatic heterocycles. The van der Waals surface area contributed by atoms with Gasteiger partial charge in [0, 0.05) is 6.54 Å². The third kappa shape index (κ3) is 5.76. The molecule has 0 amide bonds. The van der Waals surface area contributed by atoms with E-state index in [-0.39, 0.29) is 69.5 Å². The molecule has 0 N–H and O–H groups in total. The summed E-state index contributed by atoms with van der Waals surface area (Å²) in [7, 11) is 1.34. The number of halogens is 3. The number of ether oxygens (including phenoxy) is 2. The maximum Gasteiger partial charge on any atom is 1.00 e. The molecule has 1 heterocycles. The van der Waals surface area contributed by atoms with E-state index in [1.54, 1.807) is 0 Å². The molecule has 1 aromatic carbocycles. The summed E-state index contributed by atoms with van der Waals surface area (Å²) in [6.45, 7) is -2.18. The van der Waals surface area contributed by atoms with Crippen molar-refractivity contribution in [3.63, 3.8) is 0 Å². The van der Waals surface area contributed by atoms with Gasteiger partial charge in [-0.2, -0.15) is 0 Å². The van der Waals surface area contributed by atoms with Gasteiger partial charge in [-0.05, 0) is 44.1 Å². The van der Waals surface area contributed by atoms with Gasteiger partial charge in [0.15, 0.2) is 0 Å². The Kier molecular flexibility index (Phi) is 8.08. The first kappa shape index (κ1) is 19.3. The van der Waals surface area contributed by atoms with Crippen LogP contribution in [0.2, 0.25) is 0 Å². The number of methoxy groups -OCH3 is 1. The first-order valence-corrected chi connectivity index (χ1v) is 6.74. The quantitative estimate of drug-likeness (QED) is 0.641. The molecule has 1 aliphatic rings. The van der Waals surface area contributed by atoms with Crippen LogP contribution in [0, 0.1) is 0 Å². The molecule has 0 unspecified atom stereocenters. The van der Waals surface area contributed by atoms with Crippen LogP contribution in [0.25, 0.3) is 0 Å². The normalized spacial score (nSPS) is 15.6. The van der Waals surface area contributed by atoms with E-state index < -0.39 is 12.4 Å². The summed E-state index contributed by atoms with van der Waals surface area (Å²) in [6, 6.07) is 3.80. The van der Waals surface area contributed by atoms with E-state index in [9.17, 15) is 12.9 Å². The van der Waals surface area contributed by atoms with Crippen molar-refractivity contribution in [3.05, 3.63) is 18.2 Å². The molecule has 0 radical (unpaired) electrons. The van der Waals surface area contributed by atoms with E-state index in [1.807, 2.05) is 0 Å². The minimum absolute atomic E-state index is 0. The Balaban J connectivity index is 0.00000220. The molecule has 0 bridgehead atoms.